The third-order valence-electron chi connectivity index (χ3n) is 5.02. The van der Waals surface area contributed by atoms with Crippen molar-refractivity contribution in [2.24, 2.45) is 10.7 Å². The minimum absolute atomic E-state index is 0.0156. The van der Waals surface area contributed by atoms with E-state index in [9.17, 15) is 0 Å². The number of amidine groups is 1. The van der Waals surface area contributed by atoms with E-state index >= 15 is 0 Å². The molecular weight excluding hydrogens is 388 g/mol. The number of ether oxygens (including phenoxy) is 1. The van der Waals surface area contributed by atoms with Gasteiger partial charge in [0.2, 0.25) is 5.90 Å². The van der Waals surface area contributed by atoms with Crippen LogP contribution < -0.4 is 11.1 Å². The lowest BCUT2D eigenvalue weighted by molar-refractivity contribution is 0.206. The quantitative estimate of drug-likeness (QED) is 0.403. The summed E-state index contributed by atoms with van der Waals surface area (Å²) < 4.78 is 5.04. The smallest absolute Gasteiger partial charge is 0.220 e. The molecule has 7 heteroatoms. The van der Waals surface area contributed by atoms with Gasteiger partial charge in [-0.1, -0.05) is 36.4 Å². The van der Waals surface area contributed by atoms with Gasteiger partial charge in [0.1, 0.15) is 5.84 Å². The van der Waals surface area contributed by atoms with Crippen LogP contribution in [0.25, 0.3) is 0 Å². The van der Waals surface area contributed by atoms with E-state index in [1.54, 1.807) is 24.4 Å². The fourth-order valence-electron chi connectivity index (χ4n) is 3.49. The number of hydrogen-bond donors (Lipinski definition) is 4. The first-order valence-corrected chi connectivity index (χ1v) is 10.4. The van der Waals surface area contributed by atoms with Crippen LogP contribution in [0.2, 0.25) is 0 Å². The Hall–Kier alpha value is -3.45. The van der Waals surface area contributed by atoms with E-state index in [-0.39, 0.29) is 17.8 Å². The molecule has 0 bridgehead atoms. The van der Waals surface area contributed by atoms with Gasteiger partial charge in [-0.05, 0) is 42.7 Å². The second kappa shape index (κ2) is 11.1. The third-order valence-corrected chi connectivity index (χ3v) is 5.02. The summed E-state index contributed by atoms with van der Waals surface area (Å²) in [5, 5.41) is 18.3. The molecule has 3 rings (SSSR count). The summed E-state index contributed by atoms with van der Waals surface area (Å²) in [7, 11) is 0. The predicted molar refractivity (Wildman–Crippen MR) is 127 cm³/mol. The van der Waals surface area contributed by atoms with Gasteiger partial charge in [0.05, 0.1) is 6.04 Å². The molecule has 0 saturated carbocycles. The van der Waals surface area contributed by atoms with Gasteiger partial charge in [-0.2, -0.15) is 0 Å². The lowest BCUT2D eigenvalue weighted by Gasteiger charge is -2.30. The minimum atomic E-state index is -0.0557. The number of piperidine rings is 1. The molecule has 0 atom stereocenters. The number of nitrogens with two attached hydrogens (primary N) is 1. The Bertz CT molecular complexity index is 946. The topological polar surface area (TPSA) is 111 Å². The molecule has 0 spiro atoms. The highest BCUT2D eigenvalue weighted by Gasteiger charge is 2.18. The maximum absolute atomic E-state index is 7.87. The molecule has 7 nitrogen and oxygen atoms in total. The van der Waals surface area contributed by atoms with Crippen molar-refractivity contribution in [2.45, 2.75) is 32.4 Å². The number of nitrogens with one attached hydrogen (secondary N) is 3. The van der Waals surface area contributed by atoms with E-state index < -0.39 is 0 Å². The number of aliphatic imine (C=N–C) groups is 1. The number of hydrogen-bond acceptors (Lipinski definition) is 6. The van der Waals surface area contributed by atoms with Crippen LogP contribution in [0.1, 0.15) is 30.9 Å². The van der Waals surface area contributed by atoms with Crippen LogP contribution in [0, 0.1) is 10.8 Å². The molecule has 2 aromatic rings. The second-order valence-corrected chi connectivity index (χ2v) is 7.59. The average molecular weight is 419 g/mol. The maximum Gasteiger partial charge on any atom is 0.220 e. The van der Waals surface area contributed by atoms with Crippen molar-refractivity contribution in [1.82, 2.24) is 4.90 Å². The largest absolute Gasteiger partial charge is 0.426 e. The fraction of sp³-hybridized carbons (Fsp3) is 0.292. The van der Waals surface area contributed by atoms with Crippen molar-refractivity contribution in [3.63, 3.8) is 0 Å². The van der Waals surface area contributed by atoms with Crippen molar-refractivity contribution in [3.8, 4) is 0 Å². The zero-order chi connectivity index (χ0) is 22.1. The molecule has 1 fully saturated rings. The molecule has 2 aromatic carbocycles. The van der Waals surface area contributed by atoms with Crippen LogP contribution in [0.5, 0.6) is 0 Å². The SMILES string of the molecule is CC(=N)OC(=N)c1cccc(N/C=C\C(N)=NC2CCN(Cc3ccccc3)CC2)c1. The molecular formula is C24H30N6O. The Balaban J connectivity index is 1.46. The van der Waals surface area contributed by atoms with Gasteiger partial charge in [0.25, 0.3) is 0 Å². The van der Waals surface area contributed by atoms with Crippen LogP contribution in [-0.4, -0.2) is 41.7 Å². The first kappa shape index (κ1) is 22.2. The molecule has 1 aliphatic heterocycles. The highest BCUT2D eigenvalue weighted by atomic mass is 16.5. The van der Waals surface area contributed by atoms with E-state index in [1.807, 2.05) is 18.2 Å². The number of rotatable bonds is 7. The lowest BCUT2D eigenvalue weighted by atomic mass is 10.0. The number of nitrogens with zero attached hydrogens (tertiary/aromatic N) is 2. The van der Waals surface area contributed by atoms with E-state index in [1.165, 1.54) is 12.5 Å². The van der Waals surface area contributed by atoms with Gasteiger partial charge in [-0.25, -0.2) is 0 Å². The summed E-state index contributed by atoms with van der Waals surface area (Å²) in [6.45, 7) is 4.52. The Kier molecular flexibility index (Phi) is 7.95. The Morgan fingerprint density at radius 3 is 2.61 bits per heavy atom. The van der Waals surface area contributed by atoms with Crippen LogP contribution in [0.3, 0.4) is 0 Å². The summed E-state index contributed by atoms with van der Waals surface area (Å²) in [6.07, 6.45) is 5.51. The summed E-state index contributed by atoms with van der Waals surface area (Å²) in [5.41, 5.74) is 8.83. The standard InChI is InChI=1S/C24H30N6O/c1-18(25)31-24(27)20-8-5-9-22(16-20)28-13-10-23(26)29-21-11-14-30(15-12-21)17-19-6-3-2-4-7-19/h2-10,13,16,21,25,27-28H,11-12,14-15,17H2,1H3,(H2,26,29)/b13-10-,25-18?,27-24?. The normalized spacial score (nSPS) is 15.7. The highest BCUT2D eigenvalue weighted by molar-refractivity contribution is 5.99. The first-order valence-electron chi connectivity index (χ1n) is 10.4. The molecule has 0 amide bonds. The van der Waals surface area contributed by atoms with Crippen molar-refractivity contribution in [3.05, 3.63) is 78.0 Å². The summed E-state index contributed by atoms with van der Waals surface area (Å²) in [4.78, 5) is 7.11. The third kappa shape index (κ3) is 7.38. The lowest BCUT2D eigenvalue weighted by Crippen LogP contribution is -2.35. The van der Waals surface area contributed by atoms with E-state index in [4.69, 9.17) is 21.3 Å². The highest BCUT2D eigenvalue weighted by Crippen LogP contribution is 2.16. The molecule has 0 unspecified atom stereocenters. The number of anilines is 1. The molecule has 1 heterocycles. The van der Waals surface area contributed by atoms with Gasteiger partial charge < -0.3 is 15.8 Å². The van der Waals surface area contributed by atoms with E-state index in [0.717, 1.165) is 38.2 Å². The molecule has 5 N–H and O–H groups in total. The van der Waals surface area contributed by atoms with Crippen molar-refractivity contribution in [1.29, 1.82) is 10.8 Å². The zero-order valence-electron chi connectivity index (χ0n) is 17.8. The van der Waals surface area contributed by atoms with Gasteiger partial charge in [-0.15, -0.1) is 0 Å². The Morgan fingerprint density at radius 1 is 1.16 bits per heavy atom. The van der Waals surface area contributed by atoms with Crippen molar-refractivity contribution in [2.75, 3.05) is 18.4 Å². The molecule has 0 aromatic heterocycles. The summed E-state index contributed by atoms with van der Waals surface area (Å²) in [5.74, 6) is 0.429. The van der Waals surface area contributed by atoms with Crippen LogP contribution >= 0.6 is 0 Å². The predicted octanol–water partition coefficient (Wildman–Crippen LogP) is 3.97. The zero-order valence-corrected chi connectivity index (χ0v) is 17.8. The molecule has 1 aliphatic rings. The minimum Gasteiger partial charge on any atom is -0.426 e. The molecule has 31 heavy (non-hydrogen) atoms. The fourth-order valence-corrected chi connectivity index (χ4v) is 3.49. The second-order valence-electron chi connectivity index (χ2n) is 7.59. The Morgan fingerprint density at radius 2 is 1.90 bits per heavy atom. The molecule has 0 aliphatic carbocycles. The molecule has 162 valence electrons. The Labute approximate surface area is 183 Å². The molecule has 1 saturated heterocycles. The first-order chi connectivity index (χ1) is 15.0. The number of benzene rings is 2. The molecule has 0 radical (unpaired) electrons. The van der Waals surface area contributed by atoms with Crippen molar-refractivity contribution < 1.29 is 4.74 Å². The van der Waals surface area contributed by atoms with Crippen LogP contribution in [0.4, 0.5) is 5.69 Å². The van der Waals surface area contributed by atoms with E-state index in [0.29, 0.717) is 11.4 Å². The average Bonchev–Trinajstić information content (AvgIpc) is 2.76. The number of likely N-dealkylation sites (tertiary alicyclic amines) is 1. The van der Waals surface area contributed by atoms with Gasteiger partial charge in [-0.3, -0.25) is 20.7 Å². The summed E-state index contributed by atoms with van der Waals surface area (Å²) in [6, 6.07) is 18.1. The van der Waals surface area contributed by atoms with Crippen molar-refractivity contribution >= 4 is 23.3 Å². The van der Waals surface area contributed by atoms with E-state index in [2.05, 4.69) is 39.5 Å². The van der Waals surface area contributed by atoms with Crippen LogP contribution in [-0.2, 0) is 11.3 Å². The van der Waals surface area contributed by atoms with Gasteiger partial charge >= 0.3 is 0 Å². The van der Waals surface area contributed by atoms with Gasteiger partial charge in [0, 0.05) is 44.0 Å². The summed E-state index contributed by atoms with van der Waals surface area (Å²) >= 11 is 0. The monoisotopic (exact) mass is 418 g/mol. The maximum atomic E-state index is 7.87. The van der Waals surface area contributed by atoms with Crippen LogP contribution in [0.15, 0.2) is 71.9 Å². The van der Waals surface area contributed by atoms with Gasteiger partial charge in [0.15, 0.2) is 5.90 Å².